The Hall–Kier alpha value is -2.15. The molecule has 1 N–H and O–H groups in total. The molecule has 0 amide bonds. The summed E-state index contributed by atoms with van der Waals surface area (Å²) in [5.41, 5.74) is 1.79. The van der Waals surface area contributed by atoms with E-state index >= 15 is 0 Å². The number of nitro groups is 1. The van der Waals surface area contributed by atoms with Gasteiger partial charge in [-0.15, -0.1) is 0 Å². The number of anilines is 2. The number of aromatic nitrogens is 1. The van der Waals surface area contributed by atoms with E-state index in [2.05, 4.69) is 26.2 Å². The van der Waals surface area contributed by atoms with Gasteiger partial charge in [-0.1, -0.05) is 0 Å². The van der Waals surface area contributed by atoms with Gasteiger partial charge in [0.1, 0.15) is 11.4 Å². The highest BCUT2D eigenvalue weighted by Crippen LogP contribution is 2.37. The molecule has 20 heavy (non-hydrogen) atoms. The summed E-state index contributed by atoms with van der Waals surface area (Å²) < 4.78 is 5.71. The number of nitro benzene ring substituents is 1. The molecule has 7 heteroatoms. The Bertz CT molecular complexity index is 661. The van der Waals surface area contributed by atoms with Gasteiger partial charge in [-0.05, 0) is 41.1 Å². The first-order valence-electron chi connectivity index (χ1n) is 5.73. The number of ether oxygens (including phenoxy) is 1. The molecule has 0 bridgehead atoms. The van der Waals surface area contributed by atoms with E-state index in [9.17, 15) is 10.1 Å². The van der Waals surface area contributed by atoms with Gasteiger partial charge < -0.3 is 10.1 Å². The normalized spacial score (nSPS) is 10.2. The molecule has 2 aromatic rings. The molecule has 2 rings (SSSR count). The Balaban J connectivity index is 2.48. The van der Waals surface area contributed by atoms with Gasteiger partial charge in [-0.2, -0.15) is 0 Å². The number of rotatable bonds is 4. The van der Waals surface area contributed by atoms with Crippen molar-refractivity contribution in [3.63, 3.8) is 0 Å². The van der Waals surface area contributed by atoms with Crippen LogP contribution >= 0.6 is 15.9 Å². The molecular formula is C13H12BrN3O3. The lowest BCUT2D eigenvalue weighted by Gasteiger charge is -2.11. The fourth-order valence-corrected chi connectivity index (χ4v) is 2.22. The number of benzene rings is 1. The first kappa shape index (κ1) is 14.3. The molecule has 0 aliphatic heterocycles. The summed E-state index contributed by atoms with van der Waals surface area (Å²) in [6, 6.07) is 6.56. The number of aryl methyl sites for hydroxylation is 1. The number of nitrogens with zero attached hydrogens (tertiary/aromatic N) is 2. The molecule has 0 atom stereocenters. The van der Waals surface area contributed by atoms with Crippen molar-refractivity contribution in [2.24, 2.45) is 0 Å². The van der Waals surface area contributed by atoms with Gasteiger partial charge in [0.15, 0.2) is 0 Å². The predicted octanol–water partition coefficient (Wildman–Crippen LogP) is 3.81. The van der Waals surface area contributed by atoms with Crippen molar-refractivity contribution >= 4 is 33.0 Å². The van der Waals surface area contributed by atoms with E-state index in [-0.39, 0.29) is 5.69 Å². The first-order valence-corrected chi connectivity index (χ1v) is 6.52. The van der Waals surface area contributed by atoms with Crippen molar-refractivity contribution in [3.8, 4) is 5.75 Å². The minimum Gasteiger partial charge on any atom is -0.495 e. The quantitative estimate of drug-likeness (QED) is 0.677. The average molecular weight is 338 g/mol. The summed E-state index contributed by atoms with van der Waals surface area (Å²) in [5.74, 6) is 0.408. The Labute approximate surface area is 124 Å². The third-order valence-electron chi connectivity index (χ3n) is 2.74. The number of pyridine rings is 1. The van der Waals surface area contributed by atoms with E-state index in [1.54, 1.807) is 18.3 Å². The van der Waals surface area contributed by atoms with E-state index < -0.39 is 4.92 Å². The monoisotopic (exact) mass is 337 g/mol. The van der Waals surface area contributed by atoms with E-state index in [1.807, 2.05) is 13.0 Å². The van der Waals surface area contributed by atoms with Gasteiger partial charge in [-0.25, -0.2) is 0 Å². The zero-order valence-corrected chi connectivity index (χ0v) is 12.5. The van der Waals surface area contributed by atoms with Crippen molar-refractivity contribution in [1.29, 1.82) is 0 Å². The van der Waals surface area contributed by atoms with Gasteiger partial charge in [0.2, 0.25) is 0 Å². The highest BCUT2D eigenvalue weighted by molar-refractivity contribution is 9.10. The van der Waals surface area contributed by atoms with Gasteiger partial charge in [0.05, 0.1) is 34.0 Å². The van der Waals surface area contributed by atoms with E-state index in [1.165, 1.54) is 13.2 Å². The van der Waals surface area contributed by atoms with Crippen LogP contribution in [-0.2, 0) is 0 Å². The Kier molecular flexibility index (Phi) is 4.19. The van der Waals surface area contributed by atoms with E-state index in [0.29, 0.717) is 21.6 Å². The van der Waals surface area contributed by atoms with Crippen molar-refractivity contribution < 1.29 is 9.66 Å². The zero-order valence-electron chi connectivity index (χ0n) is 10.9. The molecule has 0 unspecified atom stereocenters. The minimum atomic E-state index is -0.455. The molecule has 1 heterocycles. The summed E-state index contributed by atoms with van der Waals surface area (Å²) in [4.78, 5) is 14.8. The molecule has 1 aromatic carbocycles. The van der Waals surface area contributed by atoms with Gasteiger partial charge in [0.25, 0.3) is 5.69 Å². The summed E-state index contributed by atoms with van der Waals surface area (Å²) in [6.07, 6.45) is 1.67. The van der Waals surface area contributed by atoms with E-state index in [0.717, 1.165) is 5.69 Å². The standard InChI is InChI=1S/C13H12BrN3O3/c1-8-10(4-3-5-15-8)16-11-6-9(14)13(20-2)7-12(11)17(18)19/h3-7,16H,1-2H3. The fourth-order valence-electron chi connectivity index (χ4n) is 1.71. The van der Waals surface area contributed by atoms with Crippen LogP contribution in [0.4, 0.5) is 17.1 Å². The number of hydrogen-bond donors (Lipinski definition) is 1. The van der Waals surface area contributed by atoms with Crippen molar-refractivity contribution in [3.05, 3.63) is 50.7 Å². The van der Waals surface area contributed by atoms with Gasteiger partial charge in [-0.3, -0.25) is 15.1 Å². The summed E-state index contributed by atoms with van der Waals surface area (Å²) >= 11 is 3.32. The summed E-state index contributed by atoms with van der Waals surface area (Å²) in [7, 11) is 1.46. The summed E-state index contributed by atoms with van der Waals surface area (Å²) in [5, 5.41) is 14.2. The van der Waals surface area contributed by atoms with Crippen LogP contribution in [0, 0.1) is 17.0 Å². The predicted molar refractivity (Wildman–Crippen MR) is 79.6 cm³/mol. The Morgan fingerprint density at radius 1 is 1.40 bits per heavy atom. The molecule has 0 aliphatic carbocycles. The molecule has 104 valence electrons. The zero-order chi connectivity index (χ0) is 14.7. The Morgan fingerprint density at radius 3 is 2.75 bits per heavy atom. The maximum Gasteiger partial charge on any atom is 0.296 e. The maximum atomic E-state index is 11.2. The molecule has 1 aromatic heterocycles. The van der Waals surface area contributed by atoms with Crippen LogP contribution in [0.25, 0.3) is 0 Å². The lowest BCUT2D eigenvalue weighted by Crippen LogP contribution is -2.00. The third-order valence-corrected chi connectivity index (χ3v) is 3.36. The van der Waals surface area contributed by atoms with Crippen molar-refractivity contribution in [1.82, 2.24) is 4.98 Å². The van der Waals surface area contributed by atoms with Crippen LogP contribution < -0.4 is 10.1 Å². The van der Waals surface area contributed by atoms with Crippen LogP contribution in [0.2, 0.25) is 0 Å². The average Bonchev–Trinajstić information content (AvgIpc) is 2.41. The molecule has 0 spiro atoms. The largest absolute Gasteiger partial charge is 0.495 e. The van der Waals surface area contributed by atoms with Crippen molar-refractivity contribution in [2.75, 3.05) is 12.4 Å². The van der Waals surface area contributed by atoms with E-state index in [4.69, 9.17) is 4.74 Å². The number of methoxy groups -OCH3 is 1. The Morgan fingerprint density at radius 2 is 2.15 bits per heavy atom. The minimum absolute atomic E-state index is 0.0618. The number of nitrogens with one attached hydrogen (secondary N) is 1. The summed E-state index contributed by atoms with van der Waals surface area (Å²) in [6.45, 7) is 1.83. The van der Waals surface area contributed by atoms with Crippen LogP contribution in [0.3, 0.4) is 0 Å². The van der Waals surface area contributed by atoms with Crippen molar-refractivity contribution in [2.45, 2.75) is 6.92 Å². The topological polar surface area (TPSA) is 77.3 Å². The van der Waals surface area contributed by atoms with Crippen LogP contribution in [0.5, 0.6) is 5.75 Å². The first-order chi connectivity index (χ1) is 9.52. The second-order valence-electron chi connectivity index (χ2n) is 4.02. The van der Waals surface area contributed by atoms with Gasteiger partial charge in [0, 0.05) is 6.20 Å². The SMILES string of the molecule is COc1cc([N+](=O)[O-])c(Nc2cccnc2C)cc1Br. The second-order valence-corrected chi connectivity index (χ2v) is 4.88. The fraction of sp³-hybridized carbons (Fsp3) is 0.154. The van der Waals surface area contributed by atoms with Gasteiger partial charge >= 0.3 is 0 Å². The molecule has 0 radical (unpaired) electrons. The van der Waals surface area contributed by atoms with Crippen LogP contribution in [-0.4, -0.2) is 17.0 Å². The third kappa shape index (κ3) is 2.88. The lowest BCUT2D eigenvalue weighted by molar-refractivity contribution is -0.384. The van der Waals surface area contributed by atoms with Crippen LogP contribution in [0.1, 0.15) is 5.69 Å². The molecule has 0 fully saturated rings. The molecule has 0 saturated heterocycles. The molecule has 0 saturated carbocycles. The maximum absolute atomic E-state index is 11.2. The number of hydrogen-bond acceptors (Lipinski definition) is 5. The van der Waals surface area contributed by atoms with Crippen LogP contribution in [0.15, 0.2) is 34.9 Å². The smallest absolute Gasteiger partial charge is 0.296 e. The molecule has 0 aliphatic rings. The molecular weight excluding hydrogens is 326 g/mol. The highest BCUT2D eigenvalue weighted by atomic mass is 79.9. The lowest BCUT2D eigenvalue weighted by atomic mass is 10.2. The highest BCUT2D eigenvalue weighted by Gasteiger charge is 2.18. The second kappa shape index (κ2) is 5.87. The molecule has 6 nitrogen and oxygen atoms in total. The number of halogens is 1.